The van der Waals surface area contributed by atoms with Gasteiger partial charge in [0.15, 0.2) is 5.89 Å². The van der Waals surface area contributed by atoms with Crippen molar-refractivity contribution in [1.82, 2.24) is 15.6 Å². The molecule has 0 aliphatic carbocycles. The number of amides is 1. The van der Waals surface area contributed by atoms with Gasteiger partial charge in [-0.2, -0.15) is 0 Å². The van der Waals surface area contributed by atoms with Crippen molar-refractivity contribution in [2.24, 2.45) is 0 Å². The average Bonchev–Trinajstić information content (AvgIpc) is 3.01. The second-order valence-electron chi connectivity index (χ2n) is 5.04. The highest BCUT2D eigenvalue weighted by molar-refractivity contribution is 5.92. The van der Waals surface area contributed by atoms with Gasteiger partial charge < -0.3 is 15.1 Å². The maximum Gasteiger partial charge on any atom is 0.289 e. The number of aryl methyl sites for hydroxylation is 2. The summed E-state index contributed by atoms with van der Waals surface area (Å²) in [6.45, 7) is 5.82. The Morgan fingerprint density at radius 1 is 1.33 bits per heavy atom. The first-order valence-electron chi connectivity index (χ1n) is 6.67. The van der Waals surface area contributed by atoms with Gasteiger partial charge in [0.1, 0.15) is 0 Å². The van der Waals surface area contributed by atoms with Crippen molar-refractivity contribution in [1.29, 1.82) is 0 Å². The lowest BCUT2D eigenvalue weighted by Gasteiger charge is -2.06. The fraction of sp³-hybridized carbons (Fsp3) is 0.333. The second kappa shape index (κ2) is 6.28. The van der Waals surface area contributed by atoms with E-state index in [9.17, 15) is 4.79 Å². The van der Waals surface area contributed by atoms with Crippen molar-refractivity contribution in [3.8, 4) is 0 Å². The summed E-state index contributed by atoms with van der Waals surface area (Å²) >= 11 is 0. The highest BCUT2D eigenvalue weighted by Crippen LogP contribution is 2.17. The molecule has 0 unspecified atom stereocenters. The zero-order chi connectivity index (χ0) is 14.1. The Bertz CT molecular complexity index is 667. The zero-order valence-corrected chi connectivity index (χ0v) is 12.8. The van der Waals surface area contributed by atoms with Crippen molar-refractivity contribution >= 4 is 18.3 Å². The third kappa shape index (κ3) is 3.25. The van der Waals surface area contributed by atoms with E-state index >= 15 is 0 Å². The number of fused-ring (bicyclic) bond motifs is 1. The predicted molar refractivity (Wildman–Crippen MR) is 81.4 cm³/mol. The molecule has 3 rings (SSSR count). The number of carbonyl (C=O) groups excluding carboxylic acids is 1. The van der Waals surface area contributed by atoms with E-state index in [1.165, 1.54) is 11.1 Å². The Morgan fingerprint density at radius 3 is 2.81 bits per heavy atom. The number of nitrogens with one attached hydrogen (secondary N) is 2. The summed E-state index contributed by atoms with van der Waals surface area (Å²) in [6.07, 6.45) is 0. The van der Waals surface area contributed by atoms with Crippen molar-refractivity contribution in [2.75, 3.05) is 0 Å². The van der Waals surface area contributed by atoms with E-state index in [0.29, 0.717) is 23.9 Å². The monoisotopic (exact) mass is 307 g/mol. The maximum atomic E-state index is 12.0. The van der Waals surface area contributed by atoms with Gasteiger partial charge in [-0.25, -0.2) is 4.98 Å². The molecule has 21 heavy (non-hydrogen) atoms. The molecule has 5 nitrogen and oxygen atoms in total. The molecule has 0 saturated carbocycles. The standard InChI is InChI=1S/C15H17N3O2.ClH/c1-9-14(20-10(2)18-9)15(19)17-6-11-3-4-12-7-16-8-13(12)5-11;/h3-5,16H,6-8H2,1-2H3,(H,17,19);1H. The van der Waals surface area contributed by atoms with Gasteiger partial charge in [-0.15, -0.1) is 12.4 Å². The first kappa shape index (κ1) is 15.5. The van der Waals surface area contributed by atoms with Crippen LogP contribution < -0.4 is 10.6 Å². The number of hydrogen-bond donors (Lipinski definition) is 2. The molecule has 0 bridgehead atoms. The number of carbonyl (C=O) groups is 1. The van der Waals surface area contributed by atoms with Crippen LogP contribution in [-0.4, -0.2) is 10.9 Å². The van der Waals surface area contributed by atoms with E-state index in [4.69, 9.17) is 4.42 Å². The van der Waals surface area contributed by atoms with Crippen LogP contribution in [0.25, 0.3) is 0 Å². The molecule has 112 valence electrons. The fourth-order valence-electron chi connectivity index (χ4n) is 2.46. The topological polar surface area (TPSA) is 67.2 Å². The highest BCUT2D eigenvalue weighted by atomic mass is 35.5. The molecule has 0 atom stereocenters. The fourth-order valence-corrected chi connectivity index (χ4v) is 2.46. The molecule has 0 fully saturated rings. The van der Waals surface area contributed by atoms with E-state index in [1.807, 2.05) is 6.07 Å². The Kier molecular flexibility index (Phi) is 4.65. The van der Waals surface area contributed by atoms with Gasteiger partial charge in [0.25, 0.3) is 5.91 Å². The minimum Gasteiger partial charge on any atom is -0.436 e. The molecule has 0 spiro atoms. The third-order valence-electron chi connectivity index (χ3n) is 3.46. The smallest absolute Gasteiger partial charge is 0.289 e. The number of rotatable bonds is 3. The molecule has 0 radical (unpaired) electrons. The molecule has 1 amide bonds. The van der Waals surface area contributed by atoms with Crippen molar-refractivity contribution in [3.05, 3.63) is 52.2 Å². The number of benzene rings is 1. The predicted octanol–water partition coefficient (Wildman–Crippen LogP) is 2.25. The zero-order valence-electron chi connectivity index (χ0n) is 12.0. The molecular formula is C15H18ClN3O2. The lowest BCUT2D eigenvalue weighted by Crippen LogP contribution is -2.23. The van der Waals surface area contributed by atoms with Gasteiger partial charge >= 0.3 is 0 Å². The molecule has 1 aromatic carbocycles. The molecule has 2 heterocycles. The number of hydrogen-bond acceptors (Lipinski definition) is 4. The Balaban J connectivity index is 0.00000161. The van der Waals surface area contributed by atoms with Crippen molar-refractivity contribution in [3.63, 3.8) is 0 Å². The SMILES string of the molecule is Cc1nc(C)c(C(=O)NCc2ccc3c(c2)CNC3)o1.Cl. The minimum absolute atomic E-state index is 0. The summed E-state index contributed by atoms with van der Waals surface area (Å²) in [5.74, 6) is 0.586. The van der Waals surface area contributed by atoms with Crippen LogP contribution in [0.5, 0.6) is 0 Å². The molecule has 0 saturated heterocycles. The molecular weight excluding hydrogens is 290 g/mol. The summed E-state index contributed by atoms with van der Waals surface area (Å²) in [5.41, 5.74) is 4.36. The molecule has 2 N–H and O–H groups in total. The summed E-state index contributed by atoms with van der Waals surface area (Å²) in [6, 6.07) is 6.29. The quantitative estimate of drug-likeness (QED) is 0.912. The number of oxazole rings is 1. The largest absolute Gasteiger partial charge is 0.436 e. The van der Waals surface area contributed by atoms with Gasteiger partial charge in [0.2, 0.25) is 5.76 Å². The third-order valence-corrected chi connectivity index (χ3v) is 3.46. The van der Waals surface area contributed by atoms with Crippen LogP contribution in [0, 0.1) is 13.8 Å². The van der Waals surface area contributed by atoms with Crippen LogP contribution >= 0.6 is 12.4 Å². The van der Waals surface area contributed by atoms with Crippen LogP contribution in [0.15, 0.2) is 22.6 Å². The Morgan fingerprint density at radius 2 is 2.10 bits per heavy atom. The summed E-state index contributed by atoms with van der Waals surface area (Å²) in [7, 11) is 0. The summed E-state index contributed by atoms with van der Waals surface area (Å²) in [5, 5.41) is 6.17. The van der Waals surface area contributed by atoms with E-state index < -0.39 is 0 Å². The van der Waals surface area contributed by atoms with Crippen LogP contribution in [-0.2, 0) is 19.6 Å². The van der Waals surface area contributed by atoms with Gasteiger partial charge in [0, 0.05) is 26.6 Å². The first-order valence-corrected chi connectivity index (χ1v) is 6.67. The molecule has 1 aliphatic heterocycles. The molecule has 1 aromatic heterocycles. The van der Waals surface area contributed by atoms with E-state index in [1.54, 1.807) is 13.8 Å². The van der Waals surface area contributed by atoms with Gasteiger partial charge in [-0.1, -0.05) is 18.2 Å². The van der Waals surface area contributed by atoms with E-state index in [0.717, 1.165) is 18.7 Å². The van der Waals surface area contributed by atoms with Gasteiger partial charge in [-0.3, -0.25) is 4.79 Å². The lowest BCUT2D eigenvalue weighted by atomic mass is 10.1. The molecule has 2 aromatic rings. The average molecular weight is 308 g/mol. The van der Waals surface area contributed by atoms with Crippen LogP contribution in [0.1, 0.15) is 38.8 Å². The van der Waals surface area contributed by atoms with E-state index in [-0.39, 0.29) is 18.3 Å². The summed E-state index contributed by atoms with van der Waals surface area (Å²) < 4.78 is 5.31. The van der Waals surface area contributed by atoms with Crippen LogP contribution in [0.2, 0.25) is 0 Å². The second-order valence-corrected chi connectivity index (χ2v) is 5.04. The number of aromatic nitrogens is 1. The number of halogens is 1. The summed E-state index contributed by atoms with van der Waals surface area (Å²) in [4.78, 5) is 16.1. The van der Waals surface area contributed by atoms with Crippen molar-refractivity contribution in [2.45, 2.75) is 33.5 Å². The van der Waals surface area contributed by atoms with Gasteiger partial charge in [-0.05, 0) is 23.6 Å². The van der Waals surface area contributed by atoms with Gasteiger partial charge in [0.05, 0.1) is 5.69 Å². The first-order chi connectivity index (χ1) is 9.63. The van der Waals surface area contributed by atoms with E-state index in [2.05, 4.69) is 27.8 Å². The number of nitrogens with zero attached hydrogens (tertiary/aromatic N) is 1. The Hall–Kier alpha value is -1.85. The lowest BCUT2D eigenvalue weighted by molar-refractivity contribution is 0.0921. The van der Waals surface area contributed by atoms with Crippen LogP contribution in [0.4, 0.5) is 0 Å². The Labute approximate surface area is 129 Å². The maximum absolute atomic E-state index is 12.0. The normalized spacial score (nSPS) is 12.7. The molecule has 1 aliphatic rings. The van der Waals surface area contributed by atoms with Crippen LogP contribution in [0.3, 0.4) is 0 Å². The molecule has 6 heteroatoms. The highest BCUT2D eigenvalue weighted by Gasteiger charge is 2.16. The van der Waals surface area contributed by atoms with Crippen molar-refractivity contribution < 1.29 is 9.21 Å². The minimum atomic E-state index is -0.221.